The highest BCUT2D eigenvalue weighted by atomic mass is 127. The van der Waals surface area contributed by atoms with Crippen LogP contribution in [0.1, 0.15) is 37.1 Å². The van der Waals surface area contributed by atoms with Gasteiger partial charge in [-0.15, -0.1) is 0 Å². The van der Waals surface area contributed by atoms with Crippen molar-refractivity contribution in [2.45, 2.75) is 37.1 Å². The highest BCUT2D eigenvalue weighted by Gasteiger charge is 1.02. The fourth-order valence-electron chi connectivity index (χ4n) is 0. The Labute approximate surface area is 92.5 Å². The lowest BCUT2D eigenvalue weighted by Crippen LogP contribution is -0.931. The number of halogens is 2. The van der Waals surface area contributed by atoms with E-state index in [1.807, 2.05) is 0 Å². The van der Waals surface area contributed by atoms with E-state index in [1.54, 1.807) is 44.7 Å². The lowest BCUT2D eigenvalue weighted by Gasteiger charge is -1.01. The van der Waals surface area contributed by atoms with Crippen LogP contribution in [0.3, 0.4) is 0 Å². The van der Waals surface area contributed by atoms with Crippen LogP contribution < -0.4 is 0 Å². The lowest BCUT2D eigenvalue weighted by atomic mass is 10.8. The highest BCUT2D eigenvalue weighted by molar-refractivity contribution is 14.1. The van der Waals surface area contributed by atoms with Crippen LogP contribution >= 0.6 is 44.7 Å². The van der Waals surface area contributed by atoms with E-state index >= 15 is 0 Å². The highest BCUT2D eigenvalue weighted by Crippen LogP contribution is 1.44. The summed E-state index contributed by atoms with van der Waals surface area (Å²) in [5.74, 6) is 0. The van der Waals surface area contributed by atoms with Crippen LogP contribution in [0.15, 0.2) is 0 Å². The second kappa shape index (κ2) is 280. The molecule has 0 saturated carbocycles. The van der Waals surface area contributed by atoms with E-state index in [1.165, 1.54) is 0 Å². The first-order chi connectivity index (χ1) is 2.00. The van der Waals surface area contributed by atoms with Crippen molar-refractivity contribution < 1.29 is 0 Å². The van der Waals surface area contributed by atoms with Crippen molar-refractivity contribution in [1.29, 1.82) is 0 Å². The van der Waals surface area contributed by atoms with E-state index < -0.39 is 0 Å². The van der Waals surface area contributed by atoms with Crippen LogP contribution in [-0.2, 0) is 0 Å². The molecule has 0 fully saturated rings. The van der Waals surface area contributed by atoms with Gasteiger partial charge in [0.25, 0.3) is 0 Å². The number of hydrogen-bond donors (Lipinski definition) is 0. The molecule has 9 heavy (non-hydrogen) atoms. The molecule has 0 aromatic rings. The van der Waals surface area contributed by atoms with Crippen molar-refractivity contribution in [3.05, 3.63) is 0 Å². The van der Waals surface area contributed by atoms with Crippen molar-refractivity contribution in [2.24, 2.45) is 0 Å². The first-order valence-electron chi connectivity index (χ1n) is 0.436. The predicted molar refractivity (Wildman–Crippen MR) is 73.2 cm³/mol. The van der Waals surface area contributed by atoms with Gasteiger partial charge in [0.1, 0.15) is 0 Å². The summed E-state index contributed by atoms with van der Waals surface area (Å²) < 4.78 is 0. The molecule has 0 aliphatic rings. The van der Waals surface area contributed by atoms with Crippen LogP contribution in [0.5, 0.6) is 0 Å². The van der Waals surface area contributed by atoms with E-state index in [2.05, 4.69) is 11.4 Å². The molecule has 0 saturated heterocycles. The average Bonchev–Trinajstić information content (AvgIpc) is 1.50. The maximum absolute atomic E-state index is 4.47. The molecule has 60 valence electrons. The van der Waals surface area contributed by atoms with Gasteiger partial charge >= 0.3 is 0 Å². The summed E-state index contributed by atoms with van der Waals surface area (Å²) in [6.07, 6.45) is 0. The molecular formula is C5H20B2I2. The quantitative estimate of drug-likeness (QED) is 0.451. The molecule has 0 atom stereocenters. The van der Waals surface area contributed by atoms with Crippen LogP contribution in [0.2, 0.25) is 0 Å². The molecule has 0 N–H and O–H groups in total. The van der Waals surface area contributed by atoms with Crippen LogP contribution in [-0.4, -0.2) is 11.4 Å². The molecule has 0 unspecified atom stereocenters. The Hall–Kier alpha value is 1.59. The number of hydrogen-bond acceptors (Lipinski definition) is 0. The zero-order valence-electron chi connectivity index (χ0n) is 1.91. The van der Waals surface area contributed by atoms with Gasteiger partial charge in [0.05, 0.1) is 0 Å². The van der Waals surface area contributed by atoms with Gasteiger partial charge in [0.15, 0.2) is 11.4 Å². The molecular weight excluding hydrogens is 335 g/mol. The van der Waals surface area contributed by atoms with Crippen molar-refractivity contribution in [3.8, 4) is 0 Å². The molecule has 0 amide bonds. The zero-order chi connectivity index (χ0) is 4.00. The normalized spacial score (nSPS) is 1.11. The van der Waals surface area contributed by atoms with Gasteiger partial charge in [-0.3, -0.25) is 0 Å². The topological polar surface area (TPSA) is 0 Å². The molecule has 0 aliphatic heterocycles. The minimum absolute atomic E-state index is 0. The largest absolute Gasteiger partial charge is 0.169 e. The van der Waals surface area contributed by atoms with Crippen molar-refractivity contribution >= 4 is 56.2 Å². The van der Waals surface area contributed by atoms with E-state index in [0.29, 0.717) is 0 Å². The second-order valence-electron chi connectivity index (χ2n) is 0. The van der Waals surface area contributed by atoms with Gasteiger partial charge in [0, 0.05) is 0 Å². The molecule has 4 heteroatoms. The van der Waals surface area contributed by atoms with Gasteiger partial charge in [-0.25, -0.2) is 0 Å². The van der Waals surface area contributed by atoms with Crippen LogP contribution in [0.4, 0.5) is 0 Å². The summed E-state index contributed by atoms with van der Waals surface area (Å²) >= 11 is 3.30. The Balaban J connectivity index is -0.00000000114. The van der Waals surface area contributed by atoms with E-state index in [4.69, 9.17) is 0 Å². The molecule has 0 rings (SSSR count). The first-order valence-corrected chi connectivity index (χ1v) is 2.93. The fraction of sp³-hybridized carbons (Fsp3) is 1.00. The van der Waals surface area contributed by atoms with E-state index in [9.17, 15) is 0 Å². The van der Waals surface area contributed by atoms with Crippen LogP contribution in [0, 0.1) is 0 Å². The average molecular weight is 356 g/mol. The van der Waals surface area contributed by atoms with E-state index in [-0.39, 0.29) is 37.1 Å². The monoisotopic (exact) mass is 356 g/mol. The Bertz CT molecular complexity index is 12.9. The minimum atomic E-state index is 0. The Kier molecular flexibility index (Phi) is 2350. The van der Waals surface area contributed by atoms with Gasteiger partial charge < -0.3 is 0 Å². The molecule has 0 aliphatic carbocycles. The summed E-state index contributed by atoms with van der Waals surface area (Å²) in [5, 5.41) is 0. The molecule has 0 heterocycles. The SMILES string of the molecule is C.C.C.C.C.[B]I.[B]I. The molecule has 0 nitrogen and oxygen atoms in total. The Morgan fingerprint density at radius 2 is 0.444 bits per heavy atom. The van der Waals surface area contributed by atoms with Gasteiger partial charge in [0.2, 0.25) is 0 Å². The fourth-order valence-corrected chi connectivity index (χ4v) is 0. The van der Waals surface area contributed by atoms with Gasteiger partial charge in [-0.1, -0.05) is 37.1 Å². The summed E-state index contributed by atoms with van der Waals surface area (Å²) in [4.78, 5) is 0. The van der Waals surface area contributed by atoms with Crippen LogP contribution in [0.25, 0.3) is 0 Å². The van der Waals surface area contributed by atoms with Crippen molar-refractivity contribution in [2.75, 3.05) is 0 Å². The molecule has 0 aromatic heterocycles. The first kappa shape index (κ1) is 75.6. The smallest absolute Gasteiger partial charge is 0.169 e. The van der Waals surface area contributed by atoms with Gasteiger partial charge in [-0.05, 0) is 0 Å². The summed E-state index contributed by atoms with van der Waals surface area (Å²) in [6, 6.07) is 0. The summed E-state index contributed by atoms with van der Waals surface area (Å²) in [5.41, 5.74) is 8.94. The zero-order valence-corrected chi connectivity index (χ0v) is 6.23. The third-order valence-corrected chi connectivity index (χ3v) is 0. The van der Waals surface area contributed by atoms with Crippen molar-refractivity contribution in [1.82, 2.24) is 0 Å². The third kappa shape index (κ3) is 219. The standard InChI is InChI=1S/5CH4.2BI/c;;;;;2*1-2/h5*1H4;;. The van der Waals surface area contributed by atoms with Gasteiger partial charge in [-0.2, -0.15) is 44.7 Å². The lowest BCUT2D eigenvalue weighted by molar-refractivity contribution is 2.50. The minimum Gasteiger partial charge on any atom is -0.169 e. The summed E-state index contributed by atoms with van der Waals surface area (Å²) in [7, 11) is 0. The molecule has 0 spiro atoms. The third-order valence-electron chi connectivity index (χ3n) is 0. The predicted octanol–water partition coefficient (Wildman–Crippen LogP) is 4.19. The maximum Gasteiger partial charge on any atom is 0.169 e. The summed E-state index contributed by atoms with van der Waals surface area (Å²) in [6.45, 7) is 0. The molecule has 0 aromatic carbocycles. The Morgan fingerprint density at radius 1 is 0.444 bits per heavy atom. The molecule has 0 bridgehead atoms. The molecule has 4 radical (unpaired) electrons. The maximum atomic E-state index is 4.47. The Morgan fingerprint density at radius 3 is 0.444 bits per heavy atom. The van der Waals surface area contributed by atoms with Crippen molar-refractivity contribution in [3.63, 3.8) is 0 Å². The van der Waals surface area contributed by atoms with E-state index in [0.717, 1.165) is 0 Å². The second-order valence-corrected chi connectivity index (χ2v) is 0. The number of rotatable bonds is 0.